The Balaban J connectivity index is 1.66. The molecule has 1 aliphatic rings. The topological polar surface area (TPSA) is 82.1 Å². The maximum absolute atomic E-state index is 12.5. The van der Waals surface area contributed by atoms with Gasteiger partial charge in [-0.1, -0.05) is 30.3 Å². The zero-order valence-electron chi connectivity index (χ0n) is 15.7. The Morgan fingerprint density at radius 2 is 1.82 bits per heavy atom. The summed E-state index contributed by atoms with van der Waals surface area (Å²) >= 11 is 0. The number of hydrogen-bond acceptors (Lipinski definition) is 6. The summed E-state index contributed by atoms with van der Waals surface area (Å²) in [7, 11) is 3.04. The standard InChI is InChI=1S/C21H21NO6/c1-26-16-8-9-19(27-2)17(11-16)22-12-15(10-20(22)24)21(25)28-13-18(23)14-6-4-3-5-7-14/h3-9,11,15H,10,12-13H2,1-2H3/t15-/m1/s1. The number of ether oxygens (including phenoxy) is 3. The average Bonchev–Trinajstić information content (AvgIpc) is 3.13. The number of carbonyl (C=O) groups is 3. The van der Waals surface area contributed by atoms with Crippen LogP contribution in [0.25, 0.3) is 0 Å². The second kappa shape index (κ2) is 8.56. The van der Waals surface area contributed by atoms with Gasteiger partial charge in [-0.25, -0.2) is 0 Å². The van der Waals surface area contributed by atoms with Gasteiger partial charge in [0.25, 0.3) is 0 Å². The number of Topliss-reactive ketones (excluding diaryl/α,β-unsaturated/α-hetero) is 1. The largest absolute Gasteiger partial charge is 0.497 e. The molecule has 1 fully saturated rings. The van der Waals surface area contributed by atoms with Gasteiger partial charge in [-0.3, -0.25) is 14.4 Å². The van der Waals surface area contributed by atoms with Crippen molar-refractivity contribution in [1.29, 1.82) is 0 Å². The molecule has 1 aliphatic heterocycles. The molecule has 2 aromatic carbocycles. The van der Waals surface area contributed by atoms with Crippen LogP contribution in [0.15, 0.2) is 48.5 Å². The molecule has 146 valence electrons. The maximum atomic E-state index is 12.5. The molecule has 0 bridgehead atoms. The van der Waals surface area contributed by atoms with Gasteiger partial charge >= 0.3 is 5.97 Å². The molecule has 0 aromatic heterocycles. The Labute approximate surface area is 162 Å². The van der Waals surface area contributed by atoms with Gasteiger partial charge in [0, 0.05) is 24.6 Å². The van der Waals surface area contributed by atoms with Gasteiger partial charge in [-0.15, -0.1) is 0 Å². The van der Waals surface area contributed by atoms with E-state index in [1.54, 1.807) is 48.5 Å². The van der Waals surface area contributed by atoms with E-state index in [1.165, 1.54) is 19.1 Å². The molecule has 1 saturated heterocycles. The van der Waals surface area contributed by atoms with Crippen molar-refractivity contribution in [2.75, 3.05) is 32.3 Å². The lowest BCUT2D eigenvalue weighted by molar-refractivity contribution is -0.147. The highest BCUT2D eigenvalue weighted by Crippen LogP contribution is 2.36. The van der Waals surface area contributed by atoms with Gasteiger partial charge in [0.15, 0.2) is 12.4 Å². The number of esters is 1. The fourth-order valence-corrected chi connectivity index (χ4v) is 3.07. The Kier molecular flexibility index (Phi) is 5.93. The molecule has 0 unspecified atom stereocenters. The van der Waals surface area contributed by atoms with E-state index >= 15 is 0 Å². The molecular weight excluding hydrogens is 362 g/mol. The van der Waals surface area contributed by atoms with E-state index in [0.717, 1.165) is 0 Å². The zero-order valence-corrected chi connectivity index (χ0v) is 15.7. The number of ketones is 1. The van der Waals surface area contributed by atoms with E-state index in [9.17, 15) is 14.4 Å². The normalized spacial score (nSPS) is 16.0. The number of benzene rings is 2. The zero-order chi connectivity index (χ0) is 20.1. The first kappa shape index (κ1) is 19.4. The molecule has 1 amide bonds. The molecule has 0 saturated carbocycles. The Morgan fingerprint density at radius 1 is 1.07 bits per heavy atom. The van der Waals surface area contributed by atoms with Crippen LogP contribution in [0.4, 0.5) is 5.69 Å². The van der Waals surface area contributed by atoms with E-state index in [1.807, 2.05) is 0 Å². The number of hydrogen-bond donors (Lipinski definition) is 0. The van der Waals surface area contributed by atoms with Crippen LogP contribution in [0.5, 0.6) is 11.5 Å². The lowest BCUT2D eigenvalue weighted by Crippen LogP contribution is -2.27. The van der Waals surface area contributed by atoms with E-state index in [4.69, 9.17) is 14.2 Å². The first-order chi connectivity index (χ1) is 13.5. The van der Waals surface area contributed by atoms with Gasteiger partial charge in [0.1, 0.15) is 11.5 Å². The van der Waals surface area contributed by atoms with Gasteiger partial charge in [0.2, 0.25) is 5.91 Å². The molecule has 1 atom stereocenters. The van der Waals surface area contributed by atoms with Gasteiger partial charge < -0.3 is 19.1 Å². The SMILES string of the molecule is COc1ccc(OC)c(N2C[C@H](C(=O)OCC(=O)c3ccccc3)CC2=O)c1. The summed E-state index contributed by atoms with van der Waals surface area (Å²) in [6, 6.07) is 13.7. The van der Waals surface area contributed by atoms with E-state index in [0.29, 0.717) is 22.7 Å². The lowest BCUT2D eigenvalue weighted by Gasteiger charge is -2.20. The molecule has 3 rings (SSSR count). The first-order valence-electron chi connectivity index (χ1n) is 8.80. The van der Waals surface area contributed by atoms with Crippen molar-refractivity contribution in [1.82, 2.24) is 0 Å². The first-order valence-corrected chi connectivity index (χ1v) is 8.80. The predicted molar refractivity (Wildman–Crippen MR) is 102 cm³/mol. The summed E-state index contributed by atoms with van der Waals surface area (Å²) in [5.74, 6) is -0.646. The third-order valence-electron chi connectivity index (χ3n) is 4.58. The highest BCUT2D eigenvalue weighted by atomic mass is 16.5. The van der Waals surface area contributed by atoms with E-state index < -0.39 is 11.9 Å². The number of anilines is 1. The van der Waals surface area contributed by atoms with Crippen LogP contribution < -0.4 is 14.4 Å². The second-order valence-electron chi connectivity index (χ2n) is 6.34. The minimum atomic E-state index is -0.646. The highest BCUT2D eigenvalue weighted by molar-refractivity contribution is 6.01. The summed E-state index contributed by atoms with van der Waals surface area (Å²) < 4.78 is 15.7. The molecule has 2 aromatic rings. The van der Waals surface area contributed by atoms with Crippen LogP contribution in [0, 0.1) is 5.92 Å². The average molecular weight is 383 g/mol. The number of methoxy groups -OCH3 is 2. The fraction of sp³-hybridized carbons (Fsp3) is 0.286. The van der Waals surface area contributed by atoms with Crippen molar-refractivity contribution in [2.24, 2.45) is 5.92 Å². The minimum absolute atomic E-state index is 0.0126. The number of amides is 1. The number of nitrogens with zero attached hydrogens (tertiary/aromatic N) is 1. The third kappa shape index (κ3) is 4.14. The van der Waals surface area contributed by atoms with Gasteiger partial charge in [0.05, 0.1) is 25.8 Å². The Bertz CT molecular complexity index is 880. The smallest absolute Gasteiger partial charge is 0.311 e. The molecule has 28 heavy (non-hydrogen) atoms. The Hall–Kier alpha value is -3.35. The monoisotopic (exact) mass is 383 g/mol. The number of carbonyl (C=O) groups excluding carboxylic acids is 3. The maximum Gasteiger partial charge on any atom is 0.311 e. The molecule has 7 nitrogen and oxygen atoms in total. The van der Waals surface area contributed by atoms with Crippen LogP contribution in [0.2, 0.25) is 0 Å². The minimum Gasteiger partial charge on any atom is -0.497 e. The van der Waals surface area contributed by atoms with Crippen molar-refractivity contribution < 1.29 is 28.6 Å². The van der Waals surface area contributed by atoms with E-state index in [2.05, 4.69) is 0 Å². The molecule has 7 heteroatoms. The quantitative estimate of drug-likeness (QED) is 0.540. The molecule has 1 heterocycles. The molecule has 0 aliphatic carbocycles. The highest BCUT2D eigenvalue weighted by Gasteiger charge is 2.37. The van der Waals surface area contributed by atoms with Crippen molar-refractivity contribution in [2.45, 2.75) is 6.42 Å². The number of rotatable bonds is 7. The molecule has 0 N–H and O–H groups in total. The summed E-state index contributed by atoms with van der Waals surface area (Å²) in [5, 5.41) is 0. The predicted octanol–water partition coefficient (Wildman–Crippen LogP) is 2.48. The van der Waals surface area contributed by atoms with Crippen molar-refractivity contribution >= 4 is 23.3 Å². The van der Waals surface area contributed by atoms with Gasteiger partial charge in [-0.2, -0.15) is 0 Å². The van der Waals surface area contributed by atoms with E-state index in [-0.39, 0.29) is 31.3 Å². The van der Waals surface area contributed by atoms with Crippen LogP contribution >= 0.6 is 0 Å². The summed E-state index contributed by atoms with van der Waals surface area (Å²) in [5.41, 5.74) is 1.00. The second-order valence-corrected chi connectivity index (χ2v) is 6.34. The van der Waals surface area contributed by atoms with Gasteiger partial charge in [-0.05, 0) is 12.1 Å². The summed E-state index contributed by atoms with van der Waals surface area (Å²) in [6.07, 6.45) is 0.0126. The van der Waals surface area contributed by atoms with Crippen molar-refractivity contribution in [3.05, 3.63) is 54.1 Å². The summed E-state index contributed by atoms with van der Waals surface area (Å²) in [6.45, 7) is -0.198. The fourth-order valence-electron chi connectivity index (χ4n) is 3.07. The van der Waals surface area contributed by atoms with Crippen LogP contribution in [0.1, 0.15) is 16.8 Å². The summed E-state index contributed by atoms with van der Waals surface area (Å²) in [4.78, 5) is 38.4. The third-order valence-corrected chi connectivity index (χ3v) is 4.58. The van der Waals surface area contributed by atoms with Crippen molar-refractivity contribution in [3.63, 3.8) is 0 Å². The molecule has 0 radical (unpaired) electrons. The van der Waals surface area contributed by atoms with Crippen molar-refractivity contribution in [3.8, 4) is 11.5 Å². The van der Waals surface area contributed by atoms with Crippen LogP contribution in [0.3, 0.4) is 0 Å². The molecule has 0 spiro atoms. The van der Waals surface area contributed by atoms with Crippen LogP contribution in [-0.4, -0.2) is 45.0 Å². The van der Waals surface area contributed by atoms with Crippen LogP contribution in [-0.2, 0) is 14.3 Å². The molecular formula is C21H21NO6. The lowest BCUT2D eigenvalue weighted by atomic mass is 10.1. The Morgan fingerprint density at radius 3 is 2.50 bits per heavy atom.